The van der Waals surface area contributed by atoms with Crippen molar-refractivity contribution in [1.29, 1.82) is 0 Å². The first kappa shape index (κ1) is 18.7. The first-order valence-electron chi connectivity index (χ1n) is 8.38. The van der Waals surface area contributed by atoms with Crippen molar-refractivity contribution in [2.75, 3.05) is 43.5 Å². The molecule has 0 atom stereocenters. The second-order valence-electron chi connectivity index (χ2n) is 5.89. The van der Waals surface area contributed by atoms with Crippen molar-refractivity contribution >= 4 is 45.8 Å². The Labute approximate surface area is 166 Å². The lowest BCUT2D eigenvalue weighted by atomic mass is 10.1. The summed E-state index contributed by atoms with van der Waals surface area (Å²) in [5.41, 5.74) is 2.17. The number of anilines is 2. The van der Waals surface area contributed by atoms with Crippen LogP contribution in [0, 0.1) is 3.57 Å². The third-order valence-electron chi connectivity index (χ3n) is 4.01. The largest absolute Gasteiger partial charge is 0.378 e. The maximum atomic E-state index is 12.4. The lowest BCUT2D eigenvalue weighted by Crippen LogP contribution is -2.40. The van der Waals surface area contributed by atoms with E-state index in [4.69, 9.17) is 4.74 Å². The van der Waals surface area contributed by atoms with E-state index < -0.39 is 0 Å². The van der Waals surface area contributed by atoms with Crippen LogP contribution in [0.5, 0.6) is 0 Å². The molecule has 0 bridgehead atoms. The molecule has 1 fully saturated rings. The summed E-state index contributed by atoms with van der Waals surface area (Å²) in [6, 6.07) is 14.8. The highest BCUT2D eigenvalue weighted by molar-refractivity contribution is 14.1. The molecule has 0 aliphatic carbocycles. The van der Waals surface area contributed by atoms with Gasteiger partial charge in [0.05, 0.1) is 19.8 Å². The molecule has 0 radical (unpaired) electrons. The summed E-state index contributed by atoms with van der Waals surface area (Å²) >= 11 is 2.23. The van der Waals surface area contributed by atoms with Crippen LogP contribution < -0.4 is 10.6 Å². The van der Waals surface area contributed by atoms with Crippen LogP contribution in [0.25, 0.3) is 0 Å². The first-order valence-corrected chi connectivity index (χ1v) is 9.46. The number of rotatable bonds is 5. The van der Waals surface area contributed by atoms with E-state index in [1.165, 1.54) is 0 Å². The number of hydrogen-bond acceptors (Lipinski definition) is 4. The van der Waals surface area contributed by atoms with Gasteiger partial charge in [-0.2, -0.15) is 0 Å². The Kier molecular flexibility index (Phi) is 6.45. The van der Waals surface area contributed by atoms with E-state index in [0.717, 1.165) is 9.26 Å². The highest BCUT2D eigenvalue weighted by Crippen LogP contribution is 2.13. The SMILES string of the molecule is O=C(CNc1ccc(I)cc1)Nc1ccc(C(=O)N2CCOCC2)cc1. The molecule has 1 aliphatic heterocycles. The first-order chi connectivity index (χ1) is 12.6. The molecule has 2 aromatic rings. The summed E-state index contributed by atoms with van der Waals surface area (Å²) in [5.74, 6) is -0.151. The average molecular weight is 465 g/mol. The molecule has 7 heteroatoms. The van der Waals surface area contributed by atoms with Gasteiger partial charge in [-0.25, -0.2) is 0 Å². The number of amides is 2. The van der Waals surface area contributed by atoms with Crippen molar-refractivity contribution < 1.29 is 14.3 Å². The van der Waals surface area contributed by atoms with Gasteiger partial charge in [0, 0.05) is 33.6 Å². The van der Waals surface area contributed by atoms with Crippen LogP contribution in [0.4, 0.5) is 11.4 Å². The summed E-state index contributed by atoms with van der Waals surface area (Å²) < 4.78 is 6.40. The van der Waals surface area contributed by atoms with Gasteiger partial charge in [0.15, 0.2) is 0 Å². The molecule has 2 amide bonds. The standard InChI is InChI=1S/C19H20IN3O3/c20-15-3-7-16(8-4-15)21-13-18(24)22-17-5-1-14(2-6-17)19(25)23-9-11-26-12-10-23/h1-8,21H,9-13H2,(H,22,24). The van der Waals surface area contributed by atoms with Gasteiger partial charge in [0.2, 0.25) is 5.91 Å². The molecule has 136 valence electrons. The summed E-state index contributed by atoms with van der Waals surface area (Å²) in [4.78, 5) is 26.2. The van der Waals surface area contributed by atoms with Gasteiger partial charge in [-0.3, -0.25) is 9.59 Å². The highest BCUT2D eigenvalue weighted by Gasteiger charge is 2.18. The molecule has 2 N–H and O–H groups in total. The van der Waals surface area contributed by atoms with Crippen LogP contribution in [0.3, 0.4) is 0 Å². The molecule has 0 spiro atoms. The molecule has 0 unspecified atom stereocenters. The number of benzene rings is 2. The number of nitrogens with one attached hydrogen (secondary N) is 2. The summed E-state index contributed by atoms with van der Waals surface area (Å²) in [7, 11) is 0. The number of carbonyl (C=O) groups excluding carboxylic acids is 2. The van der Waals surface area contributed by atoms with Crippen molar-refractivity contribution in [3.8, 4) is 0 Å². The number of halogens is 1. The Hall–Kier alpha value is -2.13. The normalized spacial score (nSPS) is 14.0. The monoisotopic (exact) mass is 465 g/mol. The molecular weight excluding hydrogens is 445 g/mol. The molecule has 0 saturated carbocycles. The van der Waals surface area contributed by atoms with Crippen LogP contribution in [-0.2, 0) is 9.53 Å². The van der Waals surface area contributed by atoms with Crippen LogP contribution in [0.2, 0.25) is 0 Å². The molecule has 0 aromatic heterocycles. The fraction of sp³-hybridized carbons (Fsp3) is 0.263. The van der Waals surface area contributed by atoms with E-state index in [9.17, 15) is 9.59 Å². The van der Waals surface area contributed by atoms with E-state index in [2.05, 4.69) is 33.2 Å². The van der Waals surface area contributed by atoms with E-state index >= 15 is 0 Å². The predicted molar refractivity (Wildman–Crippen MR) is 109 cm³/mol. The Bertz CT molecular complexity index is 757. The number of ether oxygens (including phenoxy) is 1. The average Bonchev–Trinajstić information content (AvgIpc) is 2.68. The zero-order chi connectivity index (χ0) is 18.4. The van der Waals surface area contributed by atoms with Crippen molar-refractivity contribution in [3.05, 3.63) is 57.7 Å². The van der Waals surface area contributed by atoms with Gasteiger partial charge in [0.1, 0.15) is 0 Å². The fourth-order valence-electron chi connectivity index (χ4n) is 2.60. The topological polar surface area (TPSA) is 70.7 Å². The zero-order valence-electron chi connectivity index (χ0n) is 14.2. The van der Waals surface area contributed by atoms with Crippen molar-refractivity contribution in [3.63, 3.8) is 0 Å². The molecular formula is C19H20IN3O3. The lowest BCUT2D eigenvalue weighted by molar-refractivity contribution is -0.114. The summed E-state index contributed by atoms with van der Waals surface area (Å²) in [6.07, 6.45) is 0. The molecule has 3 rings (SSSR count). The smallest absolute Gasteiger partial charge is 0.254 e. The van der Waals surface area contributed by atoms with Crippen molar-refractivity contribution in [2.45, 2.75) is 0 Å². The molecule has 1 heterocycles. The van der Waals surface area contributed by atoms with Gasteiger partial charge in [-0.1, -0.05) is 0 Å². The summed E-state index contributed by atoms with van der Waals surface area (Å²) in [5, 5.41) is 5.90. The fourth-order valence-corrected chi connectivity index (χ4v) is 2.96. The molecule has 6 nitrogen and oxygen atoms in total. The van der Waals surface area contributed by atoms with Gasteiger partial charge in [-0.15, -0.1) is 0 Å². The Morgan fingerprint density at radius 2 is 1.58 bits per heavy atom. The van der Waals surface area contributed by atoms with Gasteiger partial charge in [-0.05, 0) is 71.1 Å². The van der Waals surface area contributed by atoms with E-state index in [1.807, 2.05) is 24.3 Å². The minimum Gasteiger partial charge on any atom is -0.378 e. The quantitative estimate of drug-likeness (QED) is 0.667. The zero-order valence-corrected chi connectivity index (χ0v) is 16.4. The second kappa shape index (κ2) is 9.00. The maximum absolute atomic E-state index is 12.4. The third kappa shape index (κ3) is 5.18. The highest BCUT2D eigenvalue weighted by atomic mass is 127. The number of carbonyl (C=O) groups is 2. The van der Waals surface area contributed by atoms with E-state index in [1.54, 1.807) is 29.2 Å². The van der Waals surface area contributed by atoms with Crippen molar-refractivity contribution in [2.24, 2.45) is 0 Å². The number of hydrogen-bond donors (Lipinski definition) is 2. The Morgan fingerprint density at radius 3 is 2.23 bits per heavy atom. The van der Waals surface area contributed by atoms with Gasteiger partial charge in [0.25, 0.3) is 5.91 Å². The van der Waals surface area contributed by atoms with Gasteiger partial charge < -0.3 is 20.3 Å². The Morgan fingerprint density at radius 1 is 0.962 bits per heavy atom. The molecule has 2 aromatic carbocycles. The minimum absolute atomic E-state index is 0.00782. The maximum Gasteiger partial charge on any atom is 0.254 e. The minimum atomic E-state index is -0.143. The van der Waals surface area contributed by atoms with Crippen LogP contribution in [-0.4, -0.2) is 49.6 Å². The predicted octanol–water partition coefficient (Wildman–Crippen LogP) is 2.81. The van der Waals surface area contributed by atoms with Crippen LogP contribution in [0.1, 0.15) is 10.4 Å². The summed E-state index contributed by atoms with van der Waals surface area (Å²) in [6.45, 7) is 2.55. The second-order valence-corrected chi connectivity index (χ2v) is 7.14. The molecule has 1 aliphatic rings. The van der Waals surface area contributed by atoms with E-state index in [0.29, 0.717) is 37.6 Å². The van der Waals surface area contributed by atoms with Crippen molar-refractivity contribution in [1.82, 2.24) is 4.90 Å². The van der Waals surface area contributed by atoms with Gasteiger partial charge >= 0.3 is 0 Å². The number of morpholine rings is 1. The third-order valence-corrected chi connectivity index (χ3v) is 4.73. The van der Waals surface area contributed by atoms with Crippen LogP contribution >= 0.6 is 22.6 Å². The van der Waals surface area contributed by atoms with E-state index in [-0.39, 0.29) is 18.4 Å². The van der Waals surface area contributed by atoms with Crippen LogP contribution in [0.15, 0.2) is 48.5 Å². The Balaban J connectivity index is 1.50. The number of nitrogens with zero attached hydrogens (tertiary/aromatic N) is 1. The molecule has 1 saturated heterocycles. The lowest BCUT2D eigenvalue weighted by Gasteiger charge is -2.26. The molecule has 26 heavy (non-hydrogen) atoms.